The van der Waals surface area contributed by atoms with Gasteiger partial charge in [-0.3, -0.25) is 0 Å². The SMILES string of the molecule is NC(CCO)c1cnc(C(=O)O)c(F)c1. The van der Waals surface area contributed by atoms with E-state index in [-0.39, 0.29) is 13.0 Å². The second-order valence-corrected chi connectivity index (χ2v) is 3.02. The molecule has 0 saturated heterocycles. The van der Waals surface area contributed by atoms with E-state index in [9.17, 15) is 9.18 Å². The summed E-state index contributed by atoms with van der Waals surface area (Å²) in [5.74, 6) is -2.34. The Bertz CT molecular complexity index is 370. The van der Waals surface area contributed by atoms with Gasteiger partial charge in [-0.1, -0.05) is 0 Å². The van der Waals surface area contributed by atoms with Crippen molar-refractivity contribution in [2.24, 2.45) is 5.73 Å². The minimum Gasteiger partial charge on any atom is -0.476 e. The number of carboxylic acids is 1. The van der Waals surface area contributed by atoms with Crippen molar-refractivity contribution in [1.82, 2.24) is 4.98 Å². The number of carbonyl (C=O) groups is 1. The van der Waals surface area contributed by atoms with E-state index >= 15 is 0 Å². The van der Waals surface area contributed by atoms with Gasteiger partial charge in [0.1, 0.15) is 0 Å². The van der Waals surface area contributed by atoms with Gasteiger partial charge in [0.15, 0.2) is 11.5 Å². The van der Waals surface area contributed by atoms with Crippen LogP contribution in [0.5, 0.6) is 0 Å². The fraction of sp³-hybridized carbons (Fsp3) is 0.333. The number of aromatic nitrogens is 1. The molecule has 0 saturated carbocycles. The standard InChI is InChI=1S/C9H11FN2O3/c10-6-3-5(7(11)1-2-13)4-12-8(6)9(14)15/h3-4,7,13H,1-2,11H2,(H,14,15). The summed E-state index contributed by atoms with van der Waals surface area (Å²) in [5.41, 5.74) is 5.32. The second kappa shape index (κ2) is 4.81. The number of nitrogens with two attached hydrogens (primary N) is 1. The maximum atomic E-state index is 13.1. The number of pyridine rings is 1. The number of nitrogens with zero attached hydrogens (tertiary/aromatic N) is 1. The van der Waals surface area contributed by atoms with Crippen LogP contribution in [0.15, 0.2) is 12.3 Å². The summed E-state index contributed by atoms with van der Waals surface area (Å²) in [6.07, 6.45) is 1.47. The monoisotopic (exact) mass is 214 g/mol. The average Bonchev–Trinajstić information content (AvgIpc) is 2.17. The van der Waals surface area contributed by atoms with Crippen LogP contribution in [0.2, 0.25) is 0 Å². The van der Waals surface area contributed by atoms with Gasteiger partial charge in [0.05, 0.1) is 0 Å². The van der Waals surface area contributed by atoms with E-state index in [4.69, 9.17) is 15.9 Å². The Morgan fingerprint density at radius 3 is 2.80 bits per heavy atom. The highest BCUT2D eigenvalue weighted by Crippen LogP contribution is 2.15. The first-order valence-corrected chi connectivity index (χ1v) is 4.31. The lowest BCUT2D eigenvalue weighted by Crippen LogP contribution is -2.14. The van der Waals surface area contributed by atoms with Gasteiger partial charge in [-0.15, -0.1) is 0 Å². The van der Waals surface area contributed by atoms with Crippen LogP contribution in [-0.2, 0) is 0 Å². The van der Waals surface area contributed by atoms with E-state index < -0.39 is 23.5 Å². The molecule has 4 N–H and O–H groups in total. The van der Waals surface area contributed by atoms with Crippen molar-refractivity contribution in [3.63, 3.8) is 0 Å². The Labute approximate surface area is 85.4 Å². The van der Waals surface area contributed by atoms with Gasteiger partial charge < -0.3 is 15.9 Å². The molecule has 0 aliphatic rings. The highest BCUT2D eigenvalue weighted by molar-refractivity contribution is 5.85. The molecule has 1 heterocycles. The van der Waals surface area contributed by atoms with Gasteiger partial charge in [0.25, 0.3) is 0 Å². The molecule has 5 nitrogen and oxygen atoms in total. The molecular weight excluding hydrogens is 203 g/mol. The van der Waals surface area contributed by atoms with Gasteiger partial charge >= 0.3 is 5.97 Å². The van der Waals surface area contributed by atoms with Crippen LogP contribution in [0.1, 0.15) is 28.5 Å². The summed E-state index contributed by atoms with van der Waals surface area (Å²) in [5, 5.41) is 17.1. The van der Waals surface area contributed by atoms with Crippen molar-refractivity contribution in [3.8, 4) is 0 Å². The number of hydrogen-bond acceptors (Lipinski definition) is 4. The number of halogens is 1. The van der Waals surface area contributed by atoms with Gasteiger partial charge in [0.2, 0.25) is 0 Å². The normalized spacial score (nSPS) is 12.5. The average molecular weight is 214 g/mol. The minimum atomic E-state index is -1.42. The van der Waals surface area contributed by atoms with Crippen molar-refractivity contribution < 1.29 is 19.4 Å². The largest absolute Gasteiger partial charge is 0.476 e. The molecule has 1 rings (SSSR count). The molecule has 6 heteroatoms. The van der Waals surface area contributed by atoms with E-state index in [1.807, 2.05) is 0 Å². The van der Waals surface area contributed by atoms with Crippen LogP contribution in [0.25, 0.3) is 0 Å². The van der Waals surface area contributed by atoms with Crippen LogP contribution in [0.4, 0.5) is 4.39 Å². The molecule has 1 aromatic heterocycles. The van der Waals surface area contributed by atoms with Crippen molar-refractivity contribution in [3.05, 3.63) is 29.3 Å². The maximum absolute atomic E-state index is 13.1. The number of aromatic carboxylic acids is 1. The predicted octanol–water partition coefficient (Wildman–Crippen LogP) is 0.301. The Hall–Kier alpha value is -1.53. The van der Waals surface area contributed by atoms with Crippen LogP contribution in [0.3, 0.4) is 0 Å². The molecule has 0 amide bonds. The van der Waals surface area contributed by atoms with Crippen LogP contribution in [0, 0.1) is 5.82 Å². The van der Waals surface area contributed by atoms with Crippen LogP contribution in [-0.4, -0.2) is 27.8 Å². The molecule has 0 fully saturated rings. The van der Waals surface area contributed by atoms with Crippen LogP contribution >= 0.6 is 0 Å². The highest BCUT2D eigenvalue weighted by Gasteiger charge is 2.14. The number of aliphatic hydroxyl groups excluding tert-OH is 1. The highest BCUT2D eigenvalue weighted by atomic mass is 19.1. The number of hydrogen-bond donors (Lipinski definition) is 3. The van der Waals surface area contributed by atoms with Crippen molar-refractivity contribution in [2.45, 2.75) is 12.5 Å². The molecule has 0 aromatic carbocycles. The van der Waals surface area contributed by atoms with Crippen molar-refractivity contribution in [1.29, 1.82) is 0 Å². The van der Waals surface area contributed by atoms with E-state index in [1.54, 1.807) is 0 Å². The topological polar surface area (TPSA) is 96.4 Å². The Balaban J connectivity index is 2.96. The minimum absolute atomic E-state index is 0.122. The summed E-state index contributed by atoms with van der Waals surface area (Å²) in [7, 11) is 0. The third-order valence-electron chi connectivity index (χ3n) is 1.93. The molecule has 0 aliphatic heterocycles. The number of rotatable bonds is 4. The fourth-order valence-electron chi connectivity index (χ4n) is 1.12. The predicted molar refractivity (Wildman–Crippen MR) is 49.8 cm³/mol. The summed E-state index contributed by atoms with van der Waals surface area (Å²) in [4.78, 5) is 13.9. The summed E-state index contributed by atoms with van der Waals surface area (Å²) in [6, 6.07) is 0.483. The molecule has 1 atom stereocenters. The van der Waals surface area contributed by atoms with E-state index in [0.717, 1.165) is 6.07 Å². The van der Waals surface area contributed by atoms with E-state index in [1.165, 1.54) is 6.20 Å². The molecule has 0 bridgehead atoms. The zero-order chi connectivity index (χ0) is 11.4. The first-order chi connectivity index (χ1) is 7.06. The lowest BCUT2D eigenvalue weighted by molar-refractivity contribution is 0.0685. The molecule has 0 radical (unpaired) electrons. The fourth-order valence-corrected chi connectivity index (χ4v) is 1.12. The Morgan fingerprint density at radius 1 is 1.67 bits per heavy atom. The molecule has 0 aliphatic carbocycles. The molecule has 1 unspecified atom stereocenters. The zero-order valence-corrected chi connectivity index (χ0v) is 7.85. The van der Waals surface area contributed by atoms with E-state index in [2.05, 4.69) is 4.98 Å². The summed E-state index contributed by atoms with van der Waals surface area (Å²) < 4.78 is 13.1. The molecule has 15 heavy (non-hydrogen) atoms. The van der Waals surface area contributed by atoms with Gasteiger partial charge in [-0.2, -0.15) is 0 Å². The molecule has 82 valence electrons. The Kier molecular flexibility index (Phi) is 3.70. The lowest BCUT2D eigenvalue weighted by atomic mass is 10.1. The molecule has 0 spiro atoms. The molecule has 1 aromatic rings. The number of carboxylic acid groups (broad SMARTS) is 1. The summed E-state index contributed by atoms with van der Waals surface area (Å²) >= 11 is 0. The smallest absolute Gasteiger partial charge is 0.357 e. The Morgan fingerprint density at radius 2 is 2.33 bits per heavy atom. The van der Waals surface area contributed by atoms with Crippen molar-refractivity contribution in [2.75, 3.05) is 6.61 Å². The van der Waals surface area contributed by atoms with Crippen LogP contribution < -0.4 is 5.73 Å². The molecular formula is C9H11FN2O3. The van der Waals surface area contributed by atoms with Gasteiger partial charge in [-0.05, 0) is 18.1 Å². The second-order valence-electron chi connectivity index (χ2n) is 3.02. The lowest BCUT2D eigenvalue weighted by Gasteiger charge is -2.10. The van der Waals surface area contributed by atoms with Gasteiger partial charge in [-0.25, -0.2) is 14.2 Å². The first-order valence-electron chi connectivity index (χ1n) is 4.31. The van der Waals surface area contributed by atoms with E-state index in [0.29, 0.717) is 5.56 Å². The van der Waals surface area contributed by atoms with Gasteiger partial charge in [0, 0.05) is 18.8 Å². The number of aliphatic hydroxyl groups is 1. The maximum Gasteiger partial charge on any atom is 0.357 e. The third-order valence-corrected chi connectivity index (χ3v) is 1.93. The quantitative estimate of drug-likeness (QED) is 0.669. The first kappa shape index (κ1) is 11.5. The summed E-state index contributed by atoms with van der Waals surface area (Å²) in [6.45, 7) is -0.122. The third kappa shape index (κ3) is 2.71. The van der Waals surface area contributed by atoms with Crippen molar-refractivity contribution >= 4 is 5.97 Å². The zero-order valence-electron chi connectivity index (χ0n) is 7.85.